The first-order chi connectivity index (χ1) is 12.0. The zero-order chi connectivity index (χ0) is 19.9. The first kappa shape index (κ1) is 19.9. The molecule has 26 heavy (non-hydrogen) atoms. The number of methoxy groups -OCH3 is 1. The second-order valence-electron chi connectivity index (χ2n) is 5.34. The Kier molecular flexibility index (Phi) is 5.15. The second kappa shape index (κ2) is 6.72. The molecule has 0 aliphatic rings. The fraction of sp³-hybridized carbons (Fsp3) is 0.333. The number of sulfone groups is 2. The van der Waals surface area contributed by atoms with Crippen LogP contribution in [0.5, 0.6) is 0 Å². The van der Waals surface area contributed by atoms with Crippen molar-refractivity contribution in [3.05, 3.63) is 29.6 Å². The Balaban J connectivity index is 3.21. The standard InChI is InChI=1S/C15H18N2O7S2/c1-4-25(20,21)12-10-7-6-9(14(16)18)8-17(10)11(15(19)24-3)13(12)26(22,23)5-2/h6-8H,4-5H2,1-3H3,(H2,16,18). The van der Waals surface area contributed by atoms with Gasteiger partial charge in [0.2, 0.25) is 5.91 Å². The van der Waals surface area contributed by atoms with Gasteiger partial charge >= 0.3 is 5.97 Å². The van der Waals surface area contributed by atoms with Crippen molar-refractivity contribution in [3.63, 3.8) is 0 Å². The van der Waals surface area contributed by atoms with Gasteiger partial charge < -0.3 is 14.9 Å². The van der Waals surface area contributed by atoms with Crippen molar-refractivity contribution in [2.75, 3.05) is 18.6 Å². The highest BCUT2D eigenvalue weighted by Gasteiger charge is 2.36. The van der Waals surface area contributed by atoms with Gasteiger partial charge in [0.05, 0.1) is 29.7 Å². The minimum atomic E-state index is -4.12. The van der Waals surface area contributed by atoms with Crippen molar-refractivity contribution < 1.29 is 31.2 Å². The third-order valence-electron chi connectivity index (χ3n) is 3.89. The lowest BCUT2D eigenvalue weighted by Gasteiger charge is -2.06. The summed E-state index contributed by atoms with van der Waals surface area (Å²) in [7, 11) is -7.11. The molecule has 0 aliphatic heterocycles. The van der Waals surface area contributed by atoms with Gasteiger partial charge in [0.25, 0.3) is 0 Å². The van der Waals surface area contributed by atoms with Crippen molar-refractivity contribution in [2.24, 2.45) is 5.73 Å². The fourth-order valence-corrected chi connectivity index (χ4v) is 5.58. The predicted molar refractivity (Wildman–Crippen MR) is 92.7 cm³/mol. The Morgan fingerprint density at radius 3 is 2.04 bits per heavy atom. The number of ether oxygens (including phenoxy) is 1. The average Bonchev–Trinajstić information content (AvgIpc) is 2.96. The maximum absolute atomic E-state index is 12.6. The van der Waals surface area contributed by atoms with E-state index in [0.29, 0.717) is 0 Å². The van der Waals surface area contributed by atoms with E-state index in [-0.39, 0.29) is 16.8 Å². The molecule has 0 saturated carbocycles. The maximum atomic E-state index is 12.6. The van der Waals surface area contributed by atoms with Crippen LogP contribution in [0.25, 0.3) is 5.52 Å². The van der Waals surface area contributed by atoms with Crippen LogP contribution in [0, 0.1) is 0 Å². The van der Waals surface area contributed by atoms with E-state index in [4.69, 9.17) is 5.73 Å². The highest BCUT2D eigenvalue weighted by Crippen LogP contribution is 2.34. The minimum Gasteiger partial charge on any atom is -0.464 e. The molecular formula is C15H18N2O7S2. The van der Waals surface area contributed by atoms with Crippen molar-refractivity contribution in [2.45, 2.75) is 23.6 Å². The molecule has 0 unspecified atom stereocenters. The molecule has 9 nitrogen and oxygen atoms in total. The summed E-state index contributed by atoms with van der Waals surface area (Å²) in [5.41, 5.74) is 4.66. The summed E-state index contributed by atoms with van der Waals surface area (Å²) in [6.07, 6.45) is 1.12. The zero-order valence-electron chi connectivity index (χ0n) is 14.3. The van der Waals surface area contributed by atoms with Crippen LogP contribution in [0.2, 0.25) is 0 Å². The van der Waals surface area contributed by atoms with Crippen LogP contribution in [0.4, 0.5) is 0 Å². The highest BCUT2D eigenvalue weighted by molar-refractivity contribution is 7.94. The van der Waals surface area contributed by atoms with E-state index < -0.39 is 52.8 Å². The molecule has 0 atom stereocenters. The van der Waals surface area contributed by atoms with Gasteiger partial charge in [0.1, 0.15) is 9.79 Å². The first-order valence-corrected chi connectivity index (χ1v) is 10.8. The van der Waals surface area contributed by atoms with Crippen LogP contribution in [-0.2, 0) is 24.4 Å². The molecule has 0 radical (unpaired) electrons. The number of esters is 1. The van der Waals surface area contributed by atoms with Crippen molar-refractivity contribution in [3.8, 4) is 0 Å². The number of nitrogens with two attached hydrogens (primary N) is 1. The number of hydrogen-bond donors (Lipinski definition) is 1. The number of primary amides is 1. The number of carbonyl (C=O) groups excluding carboxylic acids is 2. The summed E-state index contributed by atoms with van der Waals surface area (Å²) in [5.74, 6) is -2.68. The van der Waals surface area contributed by atoms with Crippen LogP contribution < -0.4 is 5.73 Å². The Hall–Kier alpha value is -2.40. The fourth-order valence-electron chi connectivity index (χ4n) is 2.52. The van der Waals surface area contributed by atoms with E-state index in [2.05, 4.69) is 4.74 Å². The van der Waals surface area contributed by atoms with Crippen LogP contribution >= 0.6 is 0 Å². The molecule has 2 N–H and O–H groups in total. The van der Waals surface area contributed by atoms with Crippen molar-refractivity contribution >= 4 is 37.1 Å². The molecule has 2 rings (SSSR count). The number of rotatable bonds is 6. The number of pyridine rings is 1. The van der Waals surface area contributed by atoms with Gasteiger partial charge in [-0.1, -0.05) is 13.8 Å². The summed E-state index contributed by atoms with van der Waals surface area (Å²) >= 11 is 0. The van der Waals surface area contributed by atoms with Crippen LogP contribution in [-0.4, -0.2) is 51.7 Å². The molecular weight excluding hydrogens is 384 g/mol. The number of amides is 1. The number of nitrogens with zero attached hydrogens (tertiary/aromatic N) is 1. The van der Waals surface area contributed by atoms with E-state index in [1.54, 1.807) is 0 Å². The monoisotopic (exact) mass is 402 g/mol. The van der Waals surface area contributed by atoms with Crippen LogP contribution in [0.1, 0.15) is 34.7 Å². The Morgan fingerprint density at radius 1 is 1.04 bits per heavy atom. The smallest absolute Gasteiger partial charge is 0.356 e. The Morgan fingerprint density at radius 2 is 1.58 bits per heavy atom. The van der Waals surface area contributed by atoms with E-state index in [0.717, 1.165) is 17.7 Å². The summed E-state index contributed by atoms with van der Waals surface area (Å²) in [4.78, 5) is 22.6. The molecule has 2 aromatic rings. The van der Waals surface area contributed by atoms with E-state index >= 15 is 0 Å². The third kappa shape index (κ3) is 3.07. The lowest BCUT2D eigenvalue weighted by Crippen LogP contribution is -2.16. The first-order valence-electron chi connectivity index (χ1n) is 7.53. The molecule has 0 saturated heterocycles. The Bertz CT molecular complexity index is 1110. The molecule has 1 amide bonds. The number of carbonyl (C=O) groups is 2. The van der Waals surface area contributed by atoms with Gasteiger partial charge in [0, 0.05) is 6.20 Å². The topological polar surface area (TPSA) is 142 Å². The van der Waals surface area contributed by atoms with Gasteiger partial charge in [-0.15, -0.1) is 0 Å². The molecule has 0 fully saturated rings. The SMILES string of the molecule is CCS(=O)(=O)c1c(S(=O)(=O)CC)c2ccc(C(N)=O)cn2c1C(=O)OC. The molecule has 2 aromatic heterocycles. The van der Waals surface area contributed by atoms with Gasteiger partial charge in [-0.25, -0.2) is 21.6 Å². The van der Waals surface area contributed by atoms with E-state index in [9.17, 15) is 26.4 Å². The molecule has 142 valence electrons. The van der Waals surface area contributed by atoms with Gasteiger partial charge in [0.15, 0.2) is 25.4 Å². The molecule has 2 heterocycles. The summed E-state index contributed by atoms with van der Waals surface area (Å²) in [5, 5.41) is 0. The third-order valence-corrected chi connectivity index (χ3v) is 7.59. The minimum absolute atomic E-state index is 0.0291. The van der Waals surface area contributed by atoms with Crippen molar-refractivity contribution in [1.29, 1.82) is 0 Å². The maximum Gasteiger partial charge on any atom is 0.356 e. The molecule has 11 heteroatoms. The zero-order valence-corrected chi connectivity index (χ0v) is 16.0. The molecule has 0 bridgehead atoms. The van der Waals surface area contributed by atoms with E-state index in [1.807, 2.05) is 0 Å². The second-order valence-corrected chi connectivity index (χ2v) is 9.77. The largest absolute Gasteiger partial charge is 0.464 e. The molecule has 0 aromatic carbocycles. The number of hydrogen-bond acceptors (Lipinski definition) is 7. The normalized spacial score (nSPS) is 12.3. The van der Waals surface area contributed by atoms with Crippen LogP contribution in [0.3, 0.4) is 0 Å². The lowest BCUT2D eigenvalue weighted by atomic mass is 10.2. The highest BCUT2D eigenvalue weighted by atomic mass is 32.2. The van der Waals surface area contributed by atoms with Gasteiger partial charge in [-0.2, -0.15) is 0 Å². The Labute approximate surface area is 150 Å². The number of fused-ring (bicyclic) bond motifs is 1. The number of aromatic nitrogens is 1. The van der Waals surface area contributed by atoms with Crippen molar-refractivity contribution in [1.82, 2.24) is 4.40 Å². The van der Waals surface area contributed by atoms with Gasteiger partial charge in [-0.05, 0) is 12.1 Å². The molecule has 0 aliphatic carbocycles. The molecule has 0 spiro atoms. The summed E-state index contributed by atoms with van der Waals surface area (Å²) in [6.45, 7) is 2.69. The quantitative estimate of drug-likeness (QED) is 0.690. The average molecular weight is 402 g/mol. The van der Waals surface area contributed by atoms with Crippen LogP contribution in [0.15, 0.2) is 28.1 Å². The van der Waals surface area contributed by atoms with Gasteiger partial charge in [-0.3, -0.25) is 4.79 Å². The summed E-state index contributed by atoms with van der Waals surface area (Å²) in [6, 6.07) is 2.50. The van der Waals surface area contributed by atoms with E-state index in [1.165, 1.54) is 26.0 Å². The summed E-state index contributed by atoms with van der Waals surface area (Å²) < 4.78 is 56.2. The lowest BCUT2D eigenvalue weighted by molar-refractivity contribution is 0.0587. The predicted octanol–water partition coefficient (Wildman–Crippen LogP) is 0.412.